The fourth-order valence-electron chi connectivity index (χ4n) is 2.20. The van der Waals surface area contributed by atoms with Gasteiger partial charge in [-0.3, -0.25) is 4.79 Å². The molecule has 4 heteroatoms. The van der Waals surface area contributed by atoms with E-state index in [2.05, 4.69) is 24.5 Å². The Labute approximate surface area is 110 Å². The molecule has 0 bridgehead atoms. The first-order chi connectivity index (χ1) is 8.65. The smallest absolute Gasteiger partial charge is 0.242 e. The second-order valence-corrected chi connectivity index (χ2v) is 4.43. The highest BCUT2D eigenvalue weighted by molar-refractivity contribution is 5.75. The van der Waals surface area contributed by atoms with Gasteiger partial charge in [-0.25, -0.2) is 0 Å². The molecule has 1 atom stereocenters. The number of hydrogen-bond donors (Lipinski definition) is 1. The zero-order valence-corrected chi connectivity index (χ0v) is 11.9. The Morgan fingerprint density at radius 1 is 1.39 bits per heavy atom. The Balaban J connectivity index is 2.66. The molecule has 1 N–H and O–H groups in total. The minimum absolute atomic E-state index is 0.180. The Morgan fingerprint density at radius 3 is 2.56 bits per heavy atom. The van der Waals surface area contributed by atoms with Crippen LogP contribution in [0.2, 0.25) is 0 Å². The van der Waals surface area contributed by atoms with Crippen LogP contribution in [-0.4, -0.2) is 35.5 Å². The van der Waals surface area contributed by atoms with Crippen LogP contribution in [0.15, 0.2) is 18.5 Å². The van der Waals surface area contributed by atoms with E-state index in [-0.39, 0.29) is 5.91 Å². The van der Waals surface area contributed by atoms with Gasteiger partial charge in [0.15, 0.2) is 0 Å². The SMILES string of the molecule is CCC(NC)c1ccn(CC(=O)N(CC)CC)c1. The van der Waals surface area contributed by atoms with Gasteiger partial charge >= 0.3 is 0 Å². The number of aromatic nitrogens is 1. The van der Waals surface area contributed by atoms with Gasteiger partial charge in [-0.05, 0) is 38.9 Å². The molecule has 4 nitrogen and oxygen atoms in total. The molecule has 0 aliphatic rings. The van der Waals surface area contributed by atoms with E-state index >= 15 is 0 Å². The van der Waals surface area contributed by atoms with Gasteiger partial charge < -0.3 is 14.8 Å². The van der Waals surface area contributed by atoms with Crippen LogP contribution in [0.3, 0.4) is 0 Å². The van der Waals surface area contributed by atoms with Crippen LogP contribution in [0.4, 0.5) is 0 Å². The third-order valence-corrected chi connectivity index (χ3v) is 3.37. The molecule has 0 aliphatic heterocycles. The average molecular weight is 251 g/mol. The average Bonchev–Trinajstić information content (AvgIpc) is 2.81. The molecule has 0 fully saturated rings. The largest absolute Gasteiger partial charge is 0.345 e. The maximum atomic E-state index is 12.0. The van der Waals surface area contributed by atoms with Crippen molar-refractivity contribution in [3.63, 3.8) is 0 Å². The standard InChI is InChI=1S/C14H25N3O/c1-5-13(15-4)12-8-9-16(10-12)11-14(18)17(6-2)7-3/h8-10,13,15H,5-7,11H2,1-4H3. The van der Waals surface area contributed by atoms with Crippen molar-refractivity contribution in [3.8, 4) is 0 Å². The van der Waals surface area contributed by atoms with Crippen LogP contribution < -0.4 is 5.32 Å². The van der Waals surface area contributed by atoms with Gasteiger partial charge in [0, 0.05) is 31.5 Å². The first-order valence-corrected chi connectivity index (χ1v) is 6.76. The highest BCUT2D eigenvalue weighted by Crippen LogP contribution is 2.16. The topological polar surface area (TPSA) is 37.3 Å². The highest BCUT2D eigenvalue weighted by Gasteiger charge is 2.12. The summed E-state index contributed by atoms with van der Waals surface area (Å²) in [7, 11) is 1.96. The van der Waals surface area contributed by atoms with Crippen molar-refractivity contribution in [1.29, 1.82) is 0 Å². The van der Waals surface area contributed by atoms with E-state index < -0.39 is 0 Å². The Bertz CT molecular complexity index is 365. The Kier molecular flexibility index (Phi) is 5.92. The summed E-state index contributed by atoms with van der Waals surface area (Å²) in [6.45, 7) is 8.16. The van der Waals surface area contributed by atoms with E-state index in [9.17, 15) is 4.79 Å². The second kappa shape index (κ2) is 7.21. The van der Waals surface area contributed by atoms with Crippen molar-refractivity contribution in [2.45, 2.75) is 39.8 Å². The number of hydrogen-bond acceptors (Lipinski definition) is 2. The molecule has 1 rings (SSSR count). The number of carbonyl (C=O) groups excluding carboxylic acids is 1. The predicted octanol–water partition coefficient (Wildman–Crippen LogP) is 2.03. The van der Waals surface area contributed by atoms with Crippen LogP contribution in [0.1, 0.15) is 38.8 Å². The molecule has 1 heterocycles. The molecule has 0 saturated heterocycles. The molecule has 102 valence electrons. The summed E-state index contributed by atoms with van der Waals surface area (Å²) in [5.74, 6) is 0.180. The maximum absolute atomic E-state index is 12.0. The van der Waals surface area contributed by atoms with Crippen molar-refractivity contribution in [1.82, 2.24) is 14.8 Å². The first kappa shape index (κ1) is 14.8. The molecule has 1 aromatic heterocycles. The van der Waals surface area contributed by atoms with Gasteiger partial charge in [0.05, 0.1) is 0 Å². The third-order valence-electron chi connectivity index (χ3n) is 3.37. The van der Waals surface area contributed by atoms with Gasteiger partial charge in [0.25, 0.3) is 0 Å². The molecule has 0 spiro atoms. The normalized spacial score (nSPS) is 12.4. The first-order valence-electron chi connectivity index (χ1n) is 6.76. The predicted molar refractivity (Wildman–Crippen MR) is 74.5 cm³/mol. The summed E-state index contributed by atoms with van der Waals surface area (Å²) < 4.78 is 1.97. The molecule has 1 amide bonds. The molecule has 0 radical (unpaired) electrons. The number of rotatable bonds is 7. The van der Waals surface area contributed by atoms with Gasteiger partial charge in [-0.15, -0.1) is 0 Å². The summed E-state index contributed by atoms with van der Waals surface area (Å²) in [4.78, 5) is 13.8. The van der Waals surface area contributed by atoms with E-state index in [1.807, 2.05) is 36.6 Å². The van der Waals surface area contributed by atoms with Crippen LogP contribution >= 0.6 is 0 Å². The summed E-state index contributed by atoms with van der Waals surface area (Å²) in [5.41, 5.74) is 1.24. The molecular weight excluding hydrogens is 226 g/mol. The third kappa shape index (κ3) is 3.60. The zero-order valence-electron chi connectivity index (χ0n) is 11.9. The van der Waals surface area contributed by atoms with Crippen molar-refractivity contribution in [2.24, 2.45) is 0 Å². The van der Waals surface area contributed by atoms with Crippen molar-refractivity contribution in [3.05, 3.63) is 24.0 Å². The molecule has 0 saturated carbocycles. The van der Waals surface area contributed by atoms with Crippen LogP contribution in [0.5, 0.6) is 0 Å². The van der Waals surface area contributed by atoms with E-state index in [4.69, 9.17) is 0 Å². The van der Waals surface area contributed by atoms with Crippen LogP contribution in [-0.2, 0) is 11.3 Å². The number of amides is 1. The quantitative estimate of drug-likeness (QED) is 0.805. The molecule has 0 aliphatic carbocycles. The minimum Gasteiger partial charge on any atom is -0.345 e. The van der Waals surface area contributed by atoms with Crippen molar-refractivity contribution >= 4 is 5.91 Å². The maximum Gasteiger partial charge on any atom is 0.242 e. The fourth-order valence-corrected chi connectivity index (χ4v) is 2.20. The van der Waals surface area contributed by atoms with Crippen LogP contribution in [0.25, 0.3) is 0 Å². The summed E-state index contributed by atoms with van der Waals surface area (Å²) >= 11 is 0. The number of nitrogens with one attached hydrogen (secondary N) is 1. The fraction of sp³-hybridized carbons (Fsp3) is 0.643. The Morgan fingerprint density at radius 2 is 2.06 bits per heavy atom. The molecule has 1 aromatic rings. The van der Waals surface area contributed by atoms with E-state index in [0.29, 0.717) is 12.6 Å². The molecule has 1 unspecified atom stereocenters. The lowest BCUT2D eigenvalue weighted by atomic mass is 10.1. The summed E-state index contributed by atoms with van der Waals surface area (Å²) in [6.07, 6.45) is 5.09. The van der Waals surface area contributed by atoms with E-state index in [1.165, 1.54) is 5.56 Å². The lowest BCUT2D eigenvalue weighted by Crippen LogP contribution is -2.33. The second-order valence-electron chi connectivity index (χ2n) is 4.43. The minimum atomic E-state index is 0.180. The van der Waals surface area contributed by atoms with Crippen molar-refractivity contribution in [2.75, 3.05) is 20.1 Å². The van der Waals surface area contributed by atoms with E-state index in [0.717, 1.165) is 19.5 Å². The van der Waals surface area contributed by atoms with Gasteiger partial charge in [0.1, 0.15) is 6.54 Å². The lowest BCUT2D eigenvalue weighted by Gasteiger charge is -2.18. The lowest BCUT2D eigenvalue weighted by molar-refractivity contribution is -0.131. The molecular formula is C14H25N3O. The number of nitrogens with zero attached hydrogens (tertiary/aromatic N) is 2. The molecule has 18 heavy (non-hydrogen) atoms. The Hall–Kier alpha value is -1.29. The van der Waals surface area contributed by atoms with Gasteiger partial charge in [-0.1, -0.05) is 6.92 Å². The molecule has 0 aromatic carbocycles. The number of likely N-dealkylation sites (N-methyl/N-ethyl adjacent to an activating group) is 1. The van der Waals surface area contributed by atoms with Gasteiger partial charge in [0.2, 0.25) is 5.91 Å². The van der Waals surface area contributed by atoms with Crippen molar-refractivity contribution < 1.29 is 4.79 Å². The van der Waals surface area contributed by atoms with Gasteiger partial charge in [-0.2, -0.15) is 0 Å². The van der Waals surface area contributed by atoms with Crippen LogP contribution in [0, 0.1) is 0 Å². The monoisotopic (exact) mass is 251 g/mol. The zero-order chi connectivity index (χ0) is 13.5. The highest BCUT2D eigenvalue weighted by atomic mass is 16.2. The van der Waals surface area contributed by atoms with E-state index in [1.54, 1.807) is 0 Å². The summed E-state index contributed by atoms with van der Waals surface area (Å²) in [5, 5.41) is 3.27. The summed E-state index contributed by atoms with van der Waals surface area (Å²) in [6, 6.07) is 2.45. The number of carbonyl (C=O) groups is 1.